The summed E-state index contributed by atoms with van der Waals surface area (Å²) in [6.07, 6.45) is 1.03. The fraction of sp³-hybridized carbons (Fsp3) is 0.0714. The molecule has 0 aliphatic rings. The summed E-state index contributed by atoms with van der Waals surface area (Å²) in [6, 6.07) is 5.99. The lowest BCUT2D eigenvalue weighted by molar-refractivity contribution is 0.124. The van der Waals surface area contributed by atoms with Gasteiger partial charge in [0.25, 0.3) is 0 Å². The van der Waals surface area contributed by atoms with Gasteiger partial charge in [-0.2, -0.15) is 0 Å². The van der Waals surface area contributed by atoms with Crippen molar-refractivity contribution < 1.29 is 31.9 Å². The molecule has 2 rings (SSSR count). The van der Waals surface area contributed by atoms with Crippen LogP contribution in [0, 0.1) is 29.1 Å². The average molecular weight is 317 g/mol. The van der Waals surface area contributed by atoms with Crippen molar-refractivity contribution in [2.75, 3.05) is 0 Å². The molecule has 0 saturated carbocycles. The van der Waals surface area contributed by atoms with E-state index in [-0.39, 0.29) is 11.3 Å². The molecule has 0 aliphatic heterocycles. The maximum Gasteiger partial charge on any atom is 0.200 e. The van der Waals surface area contributed by atoms with Gasteiger partial charge in [0.15, 0.2) is 23.3 Å². The third-order valence-corrected chi connectivity index (χ3v) is 2.71. The van der Waals surface area contributed by atoms with Crippen molar-refractivity contribution in [3.05, 3.63) is 64.5 Å². The van der Waals surface area contributed by atoms with Crippen LogP contribution in [0.4, 0.5) is 22.0 Å². The van der Waals surface area contributed by atoms with E-state index in [1.54, 1.807) is 12.1 Å². The van der Waals surface area contributed by atoms with Gasteiger partial charge in [0.05, 0.1) is 11.8 Å². The molecule has 22 heavy (non-hydrogen) atoms. The number of nitrogens with zero attached hydrogens (tertiary/aromatic N) is 1. The summed E-state index contributed by atoms with van der Waals surface area (Å²) >= 11 is 0. The second-order valence-electron chi connectivity index (χ2n) is 4.12. The zero-order valence-corrected chi connectivity index (χ0v) is 10.8. The lowest BCUT2D eigenvalue weighted by Gasteiger charge is -2.06. The van der Waals surface area contributed by atoms with Crippen LogP contribution in [0.5, 0.6) is 5.75 Å². The second-order valence-corrected chi connectivity index (χ2v) is 4.12. The Labute approximate surface area is 121 Å². The third kappa shape index (κ3) is 3.00. The summed E-state index contributed by atoms with van der Waals surface area (Å²) in [5.74, 6) is -10.4. The molecule has 0 unspecified atom stereocenters. The smallest absolute Gasteiger partial charge is 0.200 e. The molecule has 2 aromatic rings. The van der Waals surface area contributed by atoms with Crippen molar-refractivity contribution in [2.24, 2.45) is 5.16 Å². The van der Waals surface area contributed by atoms with Gasteiger partial charge in [-0.1, -0.05) is 17.3 Å². The minimum atomic E-state index is -2.24. The lowest BCUT2D eigenvalue weighted by atomic mass is 10.2. The number of hydrogen-bond donors (Lipinski definition) is 1. The first-order valence-electron chi connectivity index (χ1n) is 5.87. The molecule has 0 fully saturated rings. The van der Waals surface area contributed by atoms with Crippen LogP contribution in [-0.2, 0) is 11.4 Å². The van der Waals surface area contributed by atoms with E-state index >= 15 is 0 Å². The highest BCUT2D eigenvalue weighted by molar-refractivity contribution is 5.82. The van der Waals surface area contributed by atoms with E-state index in [1.165, 1.54) is 12.1 Å². The molecule has 0 atom stereocenters. The molecule has 0 radical (unpaired) electrons. The van der Waals surface area contributed by atoms with Crippen molar-refractivity contribution in [2.45, 2.75) is 6.61 Å². The molecule has 0 aliphatic carbocycles. The summed E-state index contributed by atoms with van der Waals surface area (Å²) in [4.78, 5) is 4.51. The third-order valence-electron chi connectivity index (χ3n) is 2.71. The molecule has 0 heterocycles. The lowest BCUT2D eigenvalue weighted by Crippen LogP contribution is -2.07. The number of halogens is 5. The predicted octanol–water partition coefficient (Wildman–Crippen LogP) is 3.64. The number of benzene rings is 2. The van der Waals surface area contributed by atoms with Gasteiger partial charge in [0, 0.05) is 5.56 Å². The topological polar surface area (TPSA) is 41.8 Å². The number of phenolic OH excluding ortho intramolecular Hbond substituents is 1. The standard InChI is InChI=1S/C14H8F5NO2/c15-10-8(11(16)13(18)14(19)12(10)17)6-22-20-5-7-3-1-2-4-9(7)21/h1-5,21H,6H2/b20-5+. The first-order valence-corrected chi connectivity index (χ1v) is 5.87. The SMILES string of the molecule is Oc1ccccc1/C=N/OCc1c(F)c(F)c(F)c(F)c1F. The summed E-state index contributed by atoms with van der Waals surface area (Å²) in [6.45, 7) is -0.962. The van der Waals surface area contributed by atoms with E-state index in [0.29, 0.717) is 0 Å². The Morgan fingerprint density at radius 1 is 0.909 bits per heavy atom. The van der Waals surface area contributed by atoms with Crippen molar-refractivity contribution in [1.82, 2.24) is 0 Å². The van der Waals surface area contributed by atoms with E-state index in [4.69, 9.17) is 0 Å². The first-order chi connectivity index (χ1) is 10.4. The minimum Gasteiger partial charge on any atom is -0.507 e. The van der Waals surface area contributed by atoms with Crippen LogP contribution >= 0.6 is 0 Å². The van der Waals surface area contributed by atoms with E-state index < -0.39 is 41.3 Å². The van der Waals surface area contributed by atoms with Gasteiger partial charge >= 0.3 is 0 Å². The van der Waals surface area contributed by atoms with Crippen molar-refractivity contribution in [1.29, 1.82) is 0 Å². The van der Waals surface area contributed by atoms with Crippen molar-refractivity contribution in [3.8, 4) is 5.75 Å². The van der Waals surface area contributed by atoms with Gasteiger partial charge < -0.3 is 9.94 Å². The van der Waals surface area contributed by atoms with Crippen LogP contribution in [0.15, 0.2) is 29.4 Å². The molecule has 0 aromatic heterocycles. The van der Waals surface area contributed by atoms with Crippen LogP contribution in [0.3, 0.4) is 0 Å². The highest BCUT2D eigenvalue weighted by Gasteiger charge is 2.25. The highest BCUT2D eigenvalue weighted by Crippen LogP contribution is 2.23. The van der Waals surface area contributed by atoms with Gasteiger partial charge in [0.2, 0.25) is 5.82 Å². The Morgan fingerprint density at radius 2 is 1.45 bits per heavy atom. The number of phenols is 1. The van der Waals surface area contributed by atoms with E-state index in [9.17, 15) is 27.1 Å². The quantitative estimate of drug-likeness (QED) is 0.307. The highest BCUT2D eigenvalue weighted by atomic mass is 19.2. The Hall–Kier alpha value is -2.64. The molecular weight excluding hydrogens is 309 g/mol. The Kier molecular flexibility index (Phi) is 4.59. The Morgan fingerprint density at radius 3 is 2.05 bits per heavy atom. The number of hydrogen-bond acceptors (Lipinski definition) is 3. The maximum absolute atomic E-state index is 13.3. The molecule has 116 valence electrons. The molecule has 3 nitrogen and oxygen atoms in total. The molecule has 8 heteroatoms. The molecule has 0 saturated heterocycles. The van der Waals surface area contributed by atoms with Crippen molar-refractivity contribution >= 4 is 6.21 Å². The van der Waals surface area contributed by atoms with Gasteiger partial charge in [0.1, 0.15) is 12.4 Å². The largest absolute Gasteiger partial charge is 0.507 e. The van der Waals surface area contributed by atoms with Crippen LogP contribution < -0.4 is 0 Å². The Balaban J connectivity index is 2.15. The van der Waals surface area contributed by atoms with E-state index in [1.807, 2.05) is 0 Å². The number of aromatic hydroxyl groups is 1. The predicted molar refractivity (Wildman–Crippen MR) is 66.7 cm³/mol. The van der Waals surface area contributed by atoms with Crippen LogP contribution in [0.2, 0.25) is 0 Å². The van der Waals surface area contributed by atoms with Gasteiger partial charge in [-0.05, 0) is 12.1 Å². The first kappa shape index (κ1) is 15.7. The van der Waals surface area contributed by atoms with E-state index in [0.717, 1.165) is 6.21 Å². The maximum atomic E-state index is 13.3. The number of rotatable bonds is 4. The normalized spacial score (nSPS) is 11.1. The number of para-hydroxylation sites is 1. The fourth-order valence-corrected chi connectivity index (χ4v) is 1.57. The van der Waals surface area contributed by atoms with Crippen LogP contribution in [0.25, 0.3) is 0 Å². The monoisotopic (exact) mass is 317 g/mol. The molecular formula is C14H8F5NO2. The van der Waals surface area contributed by atoms with Gasteiger partial charge in [-0.15, -0.1) is 0 Å². The molecule has 1 N–H and O–H groups in total. The Bertz CT molecular complexity index is 704. The molecule has 0 amide bonds. The summed E-state index contributed by atoms with van der Waals surface area (Å²) in [7, 11) is 0. The molecule has 2 aromatic carbocycles. The van der Waals surface area contributed by atoms with Crippen LogP contribution in [-0.4, -0.2) is 11.3 Å². The fourth-order valence-electron chi connectivity index (χ4n) is 1.57. The summed E-state index contributed by atoms with van der Waals surface area (Å²) in [5.41, 5.74) is -0.884. The molecule has 0 bridgehead atoms. The second kappa shape index (κ2) is 6.42. The molecule has 0 spiro atoms. The zero-order valence-electron chi connectivity index (χ0n) is 10.8. The number of oxime groups is 1. The minimum absolute atomic E-state index is 0.119. The van der Waals surface area contributed by atoms with E-state index in [2.05, 4.69) is 9.99 Å². The van der Waals surface area contributed by atoms with Crippen LogP contribution in [0.1, 0.15) is 11.1 Å². The van der Waals surface area contributed by atoms with Gasteiger partial charge in [-0.25, -0.2) is 22.0 Å². The summed E-state index contributed by atoms with van der Waals surface area (Å²) < 4.78 is 65.4. The average Bonchev–Trinajstić information content (AvgIpc) is 2.52. The van der Waals surface area contributed by atoms with Gasteiger partial charge in [-0.3, -0.25) is 0 Å². The summed E-state index contributed by atoms with van der Waals surface area (Å²) in [5, 5.41) is 12.7. The van der Waals surface area contributed by atoms with Crippen molar-refractivity contribution in [3.63, 3.8) is 0 Å². The zero-order chi connectivity index (χ0) is 16.3.